The van der Waals surface area contributed by atoms with Crippen LogP contribution in [-0.2, 0) is 28.6 Å². The molecule has 0 rings (SSSR count). The van der Waals surface area contributed by atoms with E-state index in [0.29, 0.717) is 19.3 Å². The van der Waals surface area contributed by atoms with Gasteiger partial charge in [-0.2, -0.15) is 0 Å². The van der Waals surface area contributed by atoms with Crippen molar-refractivity contribution in [3.05, 3.63) is 109 Å². The Morgan fingerprint density at radius 2 is 0.513 bits per heavy atom. The minimum absolute atomic E-state index is 0.0990. The molecular formula is C72H122O6. The molecule has 1 atom stereocenters. The number of unbranched alkanes of at least 4 members (excludes halogenated alkanes) is 30. The van der Waals surface area contributed by atoms with E-state index in [-0.39, 0.29) is 37.5 Å². The average Bonchev–Trinajstić information content (AvgIpc) is 3.44. The molecule has 1 unspecified atom stereocenters. The van der Waals surface area contributed by atoms with Gasteiger partial charge < -0.3 is 14.2 Å². The molecule has 6 heteroatoms. The summed E-state index contributed by atoms with van der Waals surface area (Å²) in [4.78, 5) is 38.4. The zero-order valence-electron chi connectivity index (χ0n) is 51.2. The molecule has 446 valence electrons. The monoisotopic (exact) mass is 1080 g/mol. The fraction of sp³-hybridized carbons (Fsp3) is 0.708. The van der Waals surface area contributed by atoms with Crippen molar-refractivity contribution in [3.8, 4) is 0 Å². The van der Waals surface area contributed by atoms with Gasteiger partial charge in [-0.15, -0.1) is 0 Å². The van der Waals surface area contributed by atoms with Gasteiger partial charge in [0.2, 0.25) is 0 Å². The number of carbonyl (C=O) groups excluding carboxylic acids is 3. The lowest BCUT2D eigenvalue weighted by atomic mass is 10.1. The predicted molar refractivity (Wildman–Crippen MR) is 339 cm³/mol. The third kappa shape index (κ3) is 62.9. The van der Waals surface area contributed by atoms with E-state index >= 15 is 0 Å². The molecule has 0 aromatic heterocycles. The van der Waals surface area contributed by atoms with Crippen LogP contribution >= 0.6 is 0 Å². The highest BCUT2D eigenvalue weighted by atomic mass is 16.6. The van der Waals surface area contributed by atoms with Crippen molar-refractivity contribution in [2.24, 2.45) is 0 Å². The smallest absolute Gasteiger partial charge is 0.306 e. The van der Waals surface area contributed by atoms with Gasteiger partial charge in [-0.05, 0) is 122 Å². The highest BCUT2D eigenvalue weighted by molar-refractivity contribution is 5.71. The van der Waals surface area contributed by atoms with Gasteiger partial charge in [-0.25, -0.2) is 0 Å². The molecule has 0 saturated heterocycles. The molecule has 0 aliphatic heterocycles. The van der Waals surface area contributed by atoms with Crippen molar-refractivity contribution in [1.29, 1.82) is 0 Å². The summed E-state index contributed by atoms with van der Waals surface area (Å²) in [7, 11) is 0. The van der Waals surface area contributed by atoms with Crippen molar-refractivity contribution in [2.45, 2.75) is 316 Å². The van der Waals surface area contributed by atoms with Crippen LogP contribution in [0.5, 0.6) is 0 Å². The zero-order valence-corrected chi connectivity index (χ0v) is 51.2. The van der Waals surface area contributed by atoms with Gasteiger partial charge in [0.15, 0.2) is 6.10 Å². The average molecular weight is 1080 g/mol. The molecule has 0 N–H and O–H groups in total. The Bertz CT molecular complexity index is 1570. The lowest BCUT2D eigenvalue weighted by Gasteiger charge is -2.18. The summed E-state index contributed by atoms with van der Waals surface area (Å²) in [5.41, 5.74) is 0. The normalized spacial score (nSPS) is 12.8. The van der Waals surface area contributed by atoms with Crippen molar-refractivity contribution >= 4 is 17.9 Å². The lowest BCUT2D eigenvalue weighted by Crippen LogP contribution is -2.30. The van der Waals surface area contributed by atoms with Crippen LogP contribution in [-0.4, -0.2) is 37.2 Å². The fourth-order valence-electron chi connectivity index (χ4n) is 9.07. The number of esters is 3. The van der Waals surface area contributed by atoms with Gasteiger partial charge in [0.25, 0.3) is 0 Å². The Balaban J connectivity index is 4.49. The topological polar surface area (TPSA) is 78.9 Å². The van der Waals surface area contributed by atoms with Crippen molar-refractivity contribution < 1.29 is 28.6 Å². The molecule has 0 aromatic carbocycles. The summed E-state index contributed by atoms with van der Waals surface area (Å²) in [6.07, 6.45) is 89.5. The van der Waals surface area contributed by atoms with Gasteiger partial charge in [0, 0.05) is 19.3 Å². The van der Waals surface area contributed by atoms with Crippen LogP contribution in [0.15, 0.2) is 109 Å². The number of allylic oxidation sites excluding steroid dienone is 18. The van der Waals surface area contributed by atoms with E-state index in [1.807, 2.05) is 0 Å². The summed E-state index contributed by atoms with van der Waals surface area (Å²) in [5, 5.41) is 0. The van der Waals surface area contributed by atoms with E-state index in [9.17, 15) is 14.4 Å². The van der Waals surface area contributed by atoms with Crippen LogP contribution in [0.25, 0.3) is 0 Å². The summed E-state index contributed by atoms with van der Waals surface area (Å²) in [6, 6.07) is 0. The van der Waals surface area contributed by atoms with E-state index in [0.717, 1.165) is 89.9 Å². The summed E-state index contributed by atoms with van der Waals surface area (Å²) < 4.78 is 16.9. The van der Waals surface area contributed by atoms with E-state index in [1.54, 1.807) is 0 Å². The second-order valence-electron chi connectivity index (χ2n) is 21.6. The number of hydrogen-bond donors (Lipinski definition) is 0. The Morgan fingerprint density at radius 1 is 0.269 bits per heavy atom. The van der Waals surface area contributed by atoms with Gasteiger partial charge in [0.05, 0.1) is 0 Å². The first-order chi connectivity index (χ1) is 38.5. The van der Waals surface area contributed by atoms with Gasteiger partial charge in [-0.3, -0.25) is 14.4 Å². The van der Waals surface area contributed by atoms with E-state index in [1.165, 1.54) is 173 Å². The second kappa shape index (κ2) is 65.6. The van der Waals surface area contributed by atoms with Crippen LogP contribution < -0.4 is 0 Å². The SMILES string of the molecule is CC/C=C\C/C=C\C/C=C\C/C=C\C/C=C\C/C=C\C/C=C\CCCC(=O)OCC(COC(=O)CCCCCCCCC/C=C\CCCCCCCCC)OC(=O)CCCCCCCCCCC/C=C\CCCCCCCC. The van der Waals surface area contributed by atoms with Crippen LogP contribution in [0.2, 0.25) is 0 Å². The molecule has 0 aromatic rings. The van der Waals surface area contributed by atoms with Crippen LogP contribution in [0.3, 0.4) is 0 Å². The molecule has 78 heavy (non-hydrogen) atoms. The van der Waals surface area contributed by atoms with E-state index in [2.05, 4.69) is 130 Å². The molecule has 0 fully saturated rings. The highest BCUT2D eigenvalue weighted by Crippen LogP contribution is 2.16. The van der Waals surface area contributed by atoms with Gasteiger partial charge in [0.1, 0.15) is 13.2 Å². The minimum Gasteiger partial charge on any atom is -0.462 e. The minimum atomic E-state index is -0.808. The number of ether oxygens (including phenoxy) is 3. The van der Waals surface area contributed by atoms with Crippen molar-refractivity contribution in [3.63, 3.8) is 0 Å². The Labute approximate surface area is 482 Å². The van der Waals surface area contributed by atoms with Crippen LogP contribution in [0.1, 0.15) is 310 Å². The largest absolute Gasteiger partial charge is 0.462 e. The van der Waals surface area contributed by atoms with Gasteiger partial charge in [-0.1, -0.05) is 278 Å². The van der Waals surface area contributed by atoms with Crippen LogP contribution in [0, 0.1) is 0 Å². The number of hydrogen-bond acceptors (Lipinski definition) is 6. The molecule has 0 bridgehead atoms. The molecule has 6 nitrogen and oxygen atoms in total. The van der Waals surface area contributed by atoms with Crippen molar-refractivity contribution in [1.82, 2.24) is 0 Å². The van der Waals surface area contributed by atoms with Gasteiger partial charge >= 0.3 is 17.9 Å². The van der Waals surface area contributed by atoms with Crippen molar-refractivity contribution in [2.75, 3.05) is 13.2 Å². The summed E-state index contributed by atoms with van der Waals surface area (Å²) >= 11 is 0. The lowest BCUT2D eigenvalue weighted by molar-refractivity contribution is -0.167. The molecule has 0 aliphatic carbocycles. The molecule has 0 saturated carbocycles. The molecule has 0 spiro atoms. The third-order valence-corrected chi connectivity index (χ3v) is 14.0. The second-order valence-corrected chi connectivity index (χ2v) is 21.6. The van der Waals surface area contributed by atoms with E-state index < -0.39 is 6.10 Å². The fourth-order valence-corrected chi connectivity index (χ4v) is 9.07. The number of rotatable bonds is 59. The first-order valence-corrected chi connectivity index (χ1v) is 32.9. The maximum absolute atomic E-state index is 12.9. The summed E-state index contributed by atoms with van der Waals surface area (Å²) in [6.45, 7) is 6.50. The number of carbonyl (C=O) groups is 3. The first-order valence-electron chi connectivity index (χ1n) is 32.9. The standard InChI is InChI=1S/C72H122O6/c1-4-7-10-13-16-19-22-25-28-31-34-35-36-37-39-41-44-47-50-53-56-59-62-65-71(74)77-68-69(67-76-70(73)64-61-58-55-52-49-46-43-40-33-30-27-24-21-18-15-12-9-6-3)78-72(75)66-63-60-57-54-51-48-45-42-38-32-29-26-23-20-17-14-11-8-5-2/h7,10,16,19,25-26,28-30,33-35,37,39,44,47,53,56,69H,4-6,8-9,11-15,17-18,20-24,27,31-32,36,38,40-43,45-46,48-52,54-55,57-68H2,1-3H3/b10-7-,19-16-,28-25-,29-26-,33-30-,35-34-,39-37-,47-44-,56-53-. The highest BCUT2D eigenvalue weighted by Gasteiger charge is 2.19. The predicted octanol–water partition coefficient (Wildman–Crippen LogP) is 22.6. The molecule has 0 amide bonds. The Hall–Kier alpha value is -3.93. The first kappa shape index (κ1) is 74.1. The molecular weight excluding hydrogens is 961 g/mol. The van der Waals surface area contributed by atoms with Crippen LogP contribution in [0.4, 0.5) is 0 Å². The third-order valence-electron chi connectivity index (χ3n) is 14.0. The quantitative estimate of drug-likeness (QED) is 0.0261. The Morgan fingerprint density at radius 3 is 0.846 bits per heavy atom. The molecule has 0 aliphatic rings. The molecule has 0 heterocycles. The molecule has 0 radical (unpaired) electrons. The zero-order chi connectivity index (χ0) is 56.4. The Kier molecular flexibility index (Phi) is 62.3. The van der Waals surface area contributed by atoms with E-state index in [4.69, 9.17) is 14.2 Å². The maximum Gasteiger partial charge on any atom is 0.306 e. The summed E-state index contributed by atoms with van der Waals surface area (Å²) in [5.74, 6) is -0.958. The maximum atomic E-state index is 12.9.